The van der Waals surface area contributed by atoms with Crippen molar-refractivity contribution < 1.29 is 22.7 Å². The monoisotopic (exact) mass is 496 g/mol. The minimum atomic E-state index is -4.50. The van der Waals surface area contributed by atoms with Crippen LogP contribution in [0.4, 0.5) is 13.2 Å². The molecule has 0 spiro atoms. The molecule has 4 aliphatic rings. The molecule has 0 amide bonds. The van der Waals surface area contributed by atoms with E-state index in [4.69, 9.17) is 4.74 Å². The summed E-state index contributed by atoms with van der Waals surface area (Å²) in [7, 11) is 0. The second kappa shape index (κ2) is 10.0. The van der Waals surface area contributed by atoms with Crippen molar-refractivity contribution in [2.45, 2.75) is 124 Å². The molecule has 0 radical (unpaired) electrons. The van der Waals surface area contributed by atoms with Gasteiger partial charge in [0.1, 0.15) is 12.5 Å². The fourth-order valence-corrected chi connectivity index (χ4v) is 9.14. The van der Waals surface area contributed by atoms with E-state index in [9.17, 15) is 18.0 Å². The van der Waals surface area contributed by atoms with Crippen LogP contribution >= 0.6 is 0 Å². The van der Waals surface area contributed by atoms with Crippen LogP contribution in [0.15, 0.2) is 11.6 Å². The largest absolute Gasteiger partial charge is 0.462 e. The molecule has 5 heteroatoms. The van der Waals surface area contributed by atoms with Gasteiger partial charge in [-0.1, -0.05) is 65.5 Å². The Morgan fingerprint density at radius 2 is 1.80 bits per heavy atom. The predicted molar refractivity (Wildman–Crippen MR) is 134 cm³/mol. The van der Waals surface area contributed by atoms with Crippen LogP contribution in [0.5, 0.6) is 0 Å². The number of esters is 1. The zero-order valence-corrected chi connectivity index (χ0v) is 22.6. The molecule has 0 aliphatic heterocycles. The number of rotatable bonds is 7. The van der Waals surface area contributed by atoms with Crippen molar-refractivity contribution in [2.24, 2.45) is 46.3 Å². The van der Waals surface area contributed by atoms with Gasteiger partial charge >= 0.3 is 12.1 Å². The number of halogens is 3. The van der Waals surface area contributed by atoms with Crippen LogP contribution in [-0.4, -0.2) is 18.2 Å². The SMILES string of the molecule is CC(C)CCC[C@@H](C)[C@@H]1CC[C@@H]2[C@H]3CC=C4C[C@@H](OC(=O)CC(F)(F)F)CC[C@]4(C)[C@@H]3CC[C@]21C. The van der Waals surface area contributed by atoms with Crippen molar-refractivity contribution in [3.05, 3.63) is 11.6 Å². The quantitative estimate of drug-likeness (QED) is 0.260. The van der Waals surface area contributed by atoms with Crippen molar-refractivity contribution in [3.8, 4) is 0 Å². The first-order chi connectivity index (χ1) is 16.3. The smallest absolute Gasteiger partial charge is 0.399 e. The Hall–Kier alpha value is -1.00. The van der Waals surface area contributed by atoms with Crippen LogP contribution in [0.1, 0.15) is 112 Å². The summed E-state index contributed by atoms with van der Waals surface area (Å²) in [5.74, 6) is 3.46. The van der Waals surface area contributed by atoms with E-state index >= 15 is 0 Å². The van der Waals surface area contributed by atoms with Crippen molar-refractivity contribution in [3.63, 3.8) is 0 Å². The fourth-order valence-electron chi connectivity index (χ4n) is 9.14. The average molecular weight is 497 g/mol. The molecule has 0 aromatic carbocycles. The Morgan fingerprint density at radius 1 is 1.06 bits per heavy atom. The number of hydrogen-bond acceptors (Lipinski definition) is 2. The van der Waals surface area contributed by atoms with Gasteiger partial charge in [-0.05, 0) is 91.3 Å². The minimum Gasteiger partial charge on any atom is -0.462 e. The van der Waals surface area contributed by atoms with Gasteiger partial charge in [0, 0.05) is 6.42 Å². The lowest BCUT2D eigenvalue weighted by Crippen LogP contribution is -2.51. The number of alkyl halides is 3. The van der Waals surface area contributed by atoms with Gasteiger partial charge in [0.25, 0.3) is 0 Å². The van der Waals surface area contributed by atoms with E-state index in [-0.39, 0.29) is 5.41 Å². The summed E-state index contributed by atoms with van der Waals surface area (Å²) in [4.78, 5) is 11.8. The maximum atomic E-state index is 12.6. The molecule has 4 aliphatic carbocycles. The third-order valence-corrected chi connectivity index (χ3v) is 10.9. The summed E-state index contributed by atoms with van der Waals surface area (Å²) in [5, 5.41) is 0. The van der Waals surface area contributed by atoms with Crippen molar-refractivity contribution in [1.82, 2.24) is 0 Å². The van der Waals surface area contributed by atoms with Crippen molar-refractivity contribution in [2.75, 3.05) is 0 Å². The lowest BCUT2D eigenvalue weighted by atomic mass is 9.47. The van der Waals surface area contributed by atoms with Crippen LogP contribution in [0.3, 0.4) is 0 Å². The maximum absolute atomic E-state index is 12.6. The Balaban J connectivity index is 1.42. The van der Waals surface area contributed by atoms with Gasteiger partial charge in [-0.2, -0.15) is 13.2 Å². The van der Waals surface area contributed by atoms with Crippen LogP contribution in [-0.2, 0) is 9.53 Å². The standard InChI is InChI=1S/C30H47F3O2/c1-19(2)7-6-8-20(3)24-11-12-25-23-10-9-21-17-22(35-27(34)18-30(31,32)33)13-15-28(21,4)26(23)14-16-29(24,25)5/h9,19-20,22-26H,6-8,10-18H2,1-5H3/t20-,22+,23-,24+,25-,26-,28+,29+/m1/s1. The number of fused-ring (bicyclic) bond motifs is 5. The molecule has 4 rings (SSSR count). The van der Waals surface area contributed by atoms with Gasteiger partial charge in [-0.25, -0.2) is 0 Å². The highest BCUT2D eigenvalue weighted by Crippen LogP contribution is 2.67. The minimum absolute atomic E-state index is 0.109. The first kappa shape index (κ1) is 27.0. The van der Waals surface area contributed by atoms with E-state index in [0.29, 0.717) is 24.2 Å². The van der Waals surface area contributed by atoms with E-state index in [1.54, 1.807) is 0 Å². The summed E-state index contributed by atoms with van der Waals surface area (Å²) in [5.41, 5.74) is 1.90. The lowest BCUT2D eigenvalue weighted by molar-refractivity contribution is -0.177. The Bertz CT molecular complexity index is 802. The molecule has 35 heavy (non-hydrogen) atoms. The number of carbonyl (C=O) groups is 1. The molecule has 0 bridgehead atoms. The highest BCUT2D eigenvalue weighted by Gasteiger charge is 2.59. The first-order valence-corrected chi connectivity index (χ1v) is 14.3. The van der Waals surface area contributed by atoms with E-state index in [1.165, 1.54) is 50.5 Å². The maximum Gasteiger partial charge on any atom is 0.399 e. The second-order valence-electron chi connectivity index (χ2n) is 13.4. The molecule has 3 saturated carbocycles. The van der Waals surface area contributed by atoms with Crippen molar-refractivity contribution in [1.29, 1.82) is 0 Å². The van der Waals surface area contributed by atoms with E-state index in [1.807, 2.05) is 0 Å². The molecule has 0 saturated heterocycles. The van der Waals surface area contributed by atoms with Gasteiger partial charge in [-0.15, -0.1) is 0 Å². The average Bonchev–Trinajstić information content (AvgIpc) is 3.09. The summed E-state index contributed by atoms with van der Waals surface area (Å²) < 4.78 is 43.0. The van der Waals surface area contributed by atoms with Gasteiger partial charge in [0.2, 0.25) is 0 Å². The molecule has 0 N–H and O–H groups in total. The summed E-state index contributed by atoms with van der Waals surface area (Å²) in [6.45, 7) is 12.1. The van der Waals surface area contributed by atoms with Crippen LogP contribution in [0, 0.1) is 46.3 Å². The third-order valence-electron chi connectivity index (χ3n) is 10.9. The fraction of sp³-hybridized carbons (Fsp3) is 0.900. The molecule has 0 unspecified atom stereocenters. The number of hydrogen-bond donors (Lipinski definition) is 0. The van der Waals surface area contributed by atoms with E-state index in [2.05, 4.69) is 40.7 Å². The molecule has 0 aromatic rings. The predicted octanol–water partition coefficient (Wildman–Crippen LogP) is 8.89. The van der Waals surface area contributed by atoms with Gasteiger partial charge in [-0.3, -0.25) is 4.79 Å². The summed E-state index contributed by atoms with van der Waals surface area (Å²) >= 11 is 0. The molecular formula is C30H47F3O2. The first-order valence-electron chi connectivity index (χ1n) is 14.3. The molecular weight excluding hydrogens is 449 g/mol. The van der Waals surface area contributed by atoms with E-state index < -0.39 is 24.7 Å². The molecule has 2 nitrogen and oxygen atoms in total. The second-order valence-corrected chi connectivity index (χ2v) is 13.4. The normalized spacial score (nSPS) is 39.9. The third kappa shape index (κ3) is 5.49. The molecule has 0 aromatic heterocycles. The van der Waals surface area contributed by atoms with Gasteiger partial charge in [0.15, 0.2) is 0 Å². The number of ether oxygens (including phenoxy) is 1. The summed E-state index contributed by atoms with van der Waals surface area (Å²) in [6.07, 6.45) is 8.65. The van der Waals surface area contributed by atoms with Crippen molar-refractivity contribution >= 4 is 5.97 Å². The number of allylic oxidation sites excluding steroid dienone is 1. The molecule has 8 atom stereocenters. The molecule has 0 heterocycles. The summed E-state index contributed by atoms with van der Waals surface area (Å²) in [6, 6.07) is 0. The topological polar surface area (TPSA) is 26.3 Å². The van der Waals surface area contributed by atoms with Crippen LogP contribution in [0.2, 0.25) is 0 Å². The zero-order valence-electron chi connectivity index (χ0n) is 22.6. The highest BCUT2D eigenvalue weighted by atomic mass is 19.4. The Kier molecular flexibility index (Phi) is 7.76. The molecule has 3 fully saturated rings. The number of carbonyl (C=O) groups excluding carboxylic acids is 1. The van der Waals surface area contributed by atoms with Gasteiger partial charge < -0.3 is 4.74 Å². The molecule has 200 valence electrons. The van der Waals surface area contributed by atoms with Crippen LogP contribution in [0.25, 0.3) is 0 Å². The van der Waals surface area contributed by atoms with Crippen LogP contribution < -0.4 is 0 Å². The Labute approximate surface area is 210 Å². The van der Waals surface area contributed by atoms with Gasteiger partial charge in [0.05, 0.1) is 0 Å². The lowest BCUT2D eigenvalue weighted by Gasteiger charge is -2.58. The highest BCUT2D eigenvalue weighted by molar-refractivity contribution is 5.70. The Morgan fingerprint density at radius 3 is 2.49 bits per heavy atom. The zero-order chi connectivity index (χ0) is 25.6. The van der Waals surface area contributed by atoms with E-state index in [0.717, 1.165) is 42.4 Å².